The van der Waals surface area contributed by atoms with Crippen LogP contribution < -0.4 is 0 Å². The molecule has 1 aliphatic heterocycles. The molecule has 0 unspecified atom stereocenters. The van der Waals surface area contributed by atoms with Crippen LogP contribution >= 0.6 is 0 Å². The van der Waals surface area contributed by atoms with Crippen molar-refractivity contribution < 1.29 is 4.74 Å². The molecule has 64 valence electrons. The Labute approximate surface area is 73.4 Å². The average molecular weight is 162 g/mol. The van der Waals surface area contributed by atoms with E-state index in [4.69, 9.17) is 4.74 Å². The zero-order chi connectivity index (χ0) is 8.72. The minimum Gasteiger partial charge on any atom is -0.365 e. The van der Waals surface area contributed by atoms with Gasteiger partial charge in [-0.1, -0.05) is 18.2 Å². The largest absolute Gasteiger partial charge is 0.365 e. The molecule has 0 saturated carbocycles. The zero-order valence-corrected chi connectivity index (χ0v) is 7.79. The maximum Gasteiger partial charge on any atom is 0.109 e. The van der Waals surface area contributed by atoms with Gasteiger partial charge in [0.1, 0.15) is 6.10 Å². The SMILES string of the molecule is Cc1ccc([C@H]2O[C@H]2C)cc1C. The van der Waals surface area contributed by atoms with Crippen LogP contribution in [0, 0.1) is 13.8 Å². The summed E-state index contributed by atoms with van der Waals surface area (Å²) in [6.07, 6.45) is 0.788. The molecular formula is C11H14O. The van der Waals surface area contributed by atoms with E-state index in [9.17, 15) is 0 Å². The van der Waals surface area contributed by atoms with Crippen LogP contribution in [0.3, 0.4) is 0 Å². The third-order valence-electron chi connectivity index (χ3n) is 2.57. The summed E-state index contributed by atoms with van der Waals surface area (Å²) in [6, 6.07) is 6.55. The number of rotatable bonds is 1. The molecule has 1 heterocycles. The van der Waals surface area contributed by atoms with Gasteiger partial charge in [0.05, 0.1) is 6.10 Å². The Kier molecular flexibility index (Phi) is 1.69. The van der Waals surface area contributed by atoms with E-state index in [0.29, 0.717) is 12.2 Å². The van der Waals surface area contributed by atoms with E-state index < -0.39 is 0 Å². The fourth-order valence-corrected chi connectivity index (χ4v) is 1.48. The first-order valence-corrected chi connectivity index (χ1v) is 4.41. The summed E-state index contributed by atoms with van der Waals surface area (Å²) < 4.78 is 5.40. The van der Waals surface area contributed by atoms with E-state index in [-0.39, 0.29) is 0 Å². The third kappa shape index (κ3) is 1.25. The van der Waals surface area contributed by atoms with Gasteiger partial charge in [-0.2, -0.15) is 0 Å². The topological polar surface area (TPSA) is 12.5 Å². The summed E-state index contributed by atoms with van der Waals surface area (Å²) >= 11 is 0. The van der Waals surface area contributed by atoms with Crippen molar-refractivity contribution in [3.8, 4) is 0 Å². The van der Waals surface area contributed by atoms with Gasteiger partial charge in [0.15, 0.2) is 0 Å². The molecule has 12 heavy (non-hydrogen) atoms. The molecule has 0 radical (unpaired) electrons. The fourth-order valence-electron chi connectivity index (χ4n) is 1.48. The van der Waals surface area contributed by atoms with Crippen molar-refractivity contribution in [3.05, 3.63) is 34.9 Å². The Morgan fingerprint density at radius 1 is 1.17 bits per heavy atom. The van der Waals surface area contributed by atoms with Crippen LogP contribution in [0.1, 0.15) is 29.7 Å². The molecule has 2 atom stereocenters. The second kappa shape index (κ2) is 2.60. The number of aryl methyl sites for hydroxylation is 2. The quantitative estimate of drug-likeness (QED) is 0.578. The van der Waals surface area contributed by atoms with Crippen molar-refractivity contribution in [3.63, 3.8) is 0 Å². The standard InChI is InChI=1S/C11H14O/c1-7-4-5-10(6-8(7)2)11-9(3)12-11/h4-6,9,11H,1-3H3/t9-,11-/m0/s1. The van der Waals surface area contributed by atoms with Crippen LogP contribution in [-0.2, 0) is 4.74 Å². The highest BCUT2D eigenvalue weighted by Crippen LogP contribution is 2.38. The molecule has 2 rings (SSSR count). The van der Waals surface area contributed by atoms with Crippen molar-refractivity contribution in [1.82, 2.24) is 0 Å². The van der Waals surface area contributed by atoms with Gasteiger partial charge in [0.2, 0.25) is 0 Å². The molecule has 0 aromatic heterocycles. The second-order valence-electron chi connectivity index (χ2n) is 3.61. The van der Waals surface area contributed by atoms with Crippen LogP contribution in [0.15, 0.2) is 18.2 Å². The molecule has 1 nitrogen and oxygen atoms in total. The van der Waals surface area contributed by atoms with E-state index >= 15 is 0 Å². The van der Waals surface area contributed by atoms with Gasteiger partial charge in [0, 0.05) is 0 Å². The van der Waals surface area contributed by atoms with E-state index in [1.54, 1.807) is 0 Å². The zero-order valence-electron chi connectivity index (χ0n) is 7.79. The Balaban J connectivity index is 2.29. The lowest BCUT2D eigenvalue weighted by Gasteiger charge is -2.01. The monoisotopic (exact) mass is 162 g/mol. The summed E-state index contributed by atoms with van der Waals surface area (Å²) in [7, 11) is 0. The summed E-state index contributed by atoms with van der Waals surface area (Å²) in [5.74, 6) is 0. The summed E-state index contributed by atoms with van der Waals surface area (Å²) in [5.41, 5.74) is 4.04. The lowest BCUT2D eigenvalue weighted by atomic mass is 10.0. The molecular weight excluding hydrogens is 148 g/mol. The van der Waals surface area contributed by atoms with E-state index in [1.165, 1.54) is 16.7 Å². The van der Waals surface area contributed by atoms with E-state index in [2.05, 4.69) is 39.0 Å². The molecule has 1 saturated heterocycles. The Morgan fingerprint density at radius 2 is 1.83 bits per heavy atom. The number of hydrogen-bond acceptors (Lipinski definition) is 1. The first kappa shape index (κ1) is 7.81. The highest BCUT2D eigenvalue weighted by atomic mass is 16.6. The highest BCUT2D eigenvalue weighted by molar-refractivity contribution is 5.32. The minimum absolute atomic E-state index is 0.365. The van der Waals surface area contributed by atoms with Crippen LogP contribution in [-0.4, -0.2) is 6.10 Å². The van der Waals surface area contributed by atoms with Crippen molar-refractivity contribution >= 4 is 0 Å². The molecule has 1 heteroatoms. The Bertz CT molecular complexity index is 304. The van der Waals surface area contributed by atoms with Crippen molar-refractivity contribution in [1.29, 1.82) is 0 Å². The van der Waals surface area contributed by atoms with Crippen LogP contribution in [0.2, 0.25) is 0 Å². The average Bonchev–Trinajstić information content (AvgIpc) is 2.73. The van der Waals surface area contributed by atoms with Crippen molar-refractivity contribution in [2.24, 2.45) is 0 Å². The number of benzene rings is 1. The van der Waals surface area contributed by atoms with Crippen molar-refractivity contribution in [2.75, 3.05) is 0 Å². The molecule has 1 aromatic rings. The maximum atomic E-state index is 5.40. The Hall–Kier alpha value is -0.820. The van der Waals surface area contributed by atoms with Gasteiger partial charge in [-0.3, -0.25) is 0 Å². The molecule has 0 aliphatic carbocycles. The van der Waals surface area contributed by atoms with E-state index in [0.717, 1.165) is 0 Å². The van der Waals surface area contributed by atoms with Crippen LogP contribution in [0.25, 0.3) is 0 Å². The van der Waals surface area contributed by atoms with Gasteiger partial charge in [-0.25, -0.2) is 0 Å². The van der Waals surface area contributed by atoms with Crippen LogP contribution in [0.5, 0.6) is 0 Å². The third-order valence-corrected chi connectivity index (χ3v) is 2.57. The van der Waals surface area contributed by atoms with Crippen LogP contribution in [0.4, 0.5) is 0 Å². The second-order valence-corrected chi connectivity index (χ2v) is 3.61. The summed E-state index contributed by atoms with van der Waals surface area (Å²) in [5, 5.41) is 0. The Morgan fingerprint density at radius 3 is 2.33 bits per heavy atom. The van der Waals surface area contributed by atoms with Gasteiger partial charge in [-0.05, 0) is 37.5 Å². The normalized spacial score (nSPS) is 27.2. The predicted molar refractivity (Wildman–Crippen MR) is 49.2 cm³/mol. The lowest BCUT2D eigenvalue weighted by Crippen LogP contribution is -1.87. The fraction of sp³-hybridized carbons (Fsp3) is 0.455. The van der Waals surface area contributed by atoms with Gasteiger partial charge in [-0.15, -0.1) is 0 Å². The molecule has 1 fully saturated rings. The maximum absolute atomic E-state index is 5.40. The number of ether oxygens (including phenoxy) is 1. The van der Waals surface area contributed by atoms with Gasteiger partial charge in [0.25, 0.3) is 0 Å². The first-order chi connectivity index (χ1) is 5.68. The van der Waals surface area contributed by atoms with Gasteiger partial charge >= 0.3 is 0 Å². The first-order valence-electron chi connectivity index (χ1n) is 4.41. The molecule has 0 bridgehead atoms. The molecule has 1 aromatic carbocycles. The van der Waals surface area contributed by atoms with Crippen molar-refractivity contribution in [2.45, 2.75) is 33.0 Å². The number of epoxide rings is 1. The summed E-state index contributed by atoms with van der Waals surface area (Å²) in [4.78, 5) is 0. The molecule has 1 aliphatic rings. The highest BCUT2D eigenvalue weighted by Gasteiger charge is 2.35. The number of hydrogen-bond donors (Lipinski definition) is 0. The molecule has 0 spiro atoms. The minimum atomic E-state index is 0.365. The molecule has 0 amide bonds. The predicted octanol–water partition coefficient (Wildman–Crippen LogP) is 2.76. The lowest BCUT2D eigenvalue weighted by molar-refractivity contribution is 0.383. The van der Waals surface area contributed by atoms with E-state index in [1.807, 2.05) is 0 Å². The smallest absolute Gasteiger partial charge is 0.109 e. The van der Waals surface area contributed by atoms with Gasteiger partial charge < -0.3 is 4.74 Å². The summed E-state index contributed by atoms with van der Waals surface area (Å²) in [6.45, 7) is 6.39. The molecule has 0 N–H and O–H groups in total.